The number of aliphatic hydroxyl groups is 2. The van der Waals surface area contributed by atoms with Gasteiger partial charge in [0.2, 0.25) is 5.79 Å². The van der Waals surface area contributed by atoms with Crippen molar-refractivity contribution in [3.8, 4) is 0 Å². The van der Waals surface area contributed by atoms with Gasteiger partial charge in [-0.2, -0.15) is 0 Å². The Kier molecular flexibility index (Phi) is 4.05. The zero-order chi connectivity index (χ0) is 19.0. The summed E-state index contributed by atoms with van der Waals surface area (Å²) in [5.74, 6) is -1.06. The molecule has 0 aromatic rings. The largest absolute Gasteiger partial charge is 0.389 e. The van der Waals surface area contributed by atoms with Crippen molar-refractivity contribution in [2.45, 2.75) is 88.7 Å². The van der Waals surface area contributed by atoms with E-state index in [-0.39, 0.29) is 5.41 Å². The Balaban J connectivity index is 1.81. The second-order valence-electron chi connectivity index (χ2n) is 9.35. The first kappa shape index (κ1) is 18.6. The highest BCUT2D eigenvalue weighted by Gasteiger charge is 2.93. The van der Waals surface area contributed by atoms with E-state index >= 15 is 0 Å². The maximum atomic E-state index is 11.7. The Hall–Kier alpha value is -0.720. The van der Waals surface area contributed by atoms with Crippen LogP contribution in [0.15, 0.2) is 23.8 Å². The van der Waals surface area contributed by atoms with Gasteiger partial charge >= 0.3 is 0 Å². The van der Waals surface area contributed by atoms with Crippen LogP contribution in [-0.2, 0) is 14.2 Å². The summed E-state index contributed by atoms with van der Waals surface area (Å²) in [7, 11) is 1.61. The lowest BCUT2D eigenvalue weighted by Crippen LogP contribution is -2.59. The maximum absolute atomic E-state index is 11.7. The average Bonchev–Trinajstić information content (AvgIpc) is 3.19. The molecule has 4 aliphatic rings. The zero-order valence-corrected chi connectivity index (χ0v) is 16.4. The van der Waals surface area contributed by atoms with E-state index in [9.17, 15) is 10.2 Å². The number of epoxide rings is 1. The van der Waals surface area contributed by atoms with Gasteiger partial charge in [-0.05, 0) is 44.9 Å². The number of aliphatic hydroxyl groups excluding tert-OH is 1. The number of fused-ring (bicyclic) bond motifs is 1. The highest BCUT2D eigenvalue weighted by molar-refractivity contribution is 5.37. The summed E-state index contributed by atoms with van der Waals surface area (Å²) < 4.78 is 18.2. The molecule has 1 saturated carbocycles. The smallest absolute Gasteiger partial charge is 0.205 e. The number of ether oxygens (including phenoxy) is 3. The third-order valence-electron chi connectivity index (χ3n) is 7.47. The van der Waals surface area contributed by atoms with Crippen molar-refractivity contribution in [1.29, 1.82) is 0 Å². The van der Waals surface area contributed by atoms with Gasteiger partial charge in [0.15, 0.2) is 17.5 Å². The van der Waals surface area contributed by atoms with E-state index in [2.05, 4.69) is 20.4 Å². The first-order valence-electron chi connectivity index (χ1n) is 9.77. The van der Waals surface area contributed by atoms with Crippen molar-refractivity contribution in [3.05, 3.63) is 23.8 Å². The van der Waals surface area contributed by atoms with Gasteiger partial charge in [0.05, 0.1) is 6.10 Å². The van der Waals surface area contributed by atoms with E-state index in [0.29, 0.717) is 18.8 Å². The molecule has 0 aromatic heterocycles. The van der Waals surface area contributed by atoms with E-state index in [4.69, 9.17) is 14.2 Å². The van der Waals surface area contributed by atoms with Crippen LogP contribution >= 0.6 is 0 Å². The summed E-state index contributed by atoms with van der Waals surface area (Å²) >= 11 is 0. The Labute approximate surface area is 156 Å². The van der Waals surface area contributed by atoms with Gasteiger partial charge in [-0.3, -0.25) is 0 Å². The summed E-state index contributed by atoms with van der Waals surface area (Å²) in [6.45, 7) is 10.5. The molecule has 3 fully saturated rings. The fourth-order valence-corrected chi connectivity index (χ4v) is 6.30. The van der Waals surface area contributed by atoms with Gasteiger partial charge in [0.1, 0.15) is 0 Å². The number of hydrogen-bond acceptors (Lipinski definition) is 5. The second kappa shape index (κ2) is 5.65. The first-order valence-corrected chi connectivity index (χ1v) is 9.77. The quantitative estimate of drug-likeness (QED) is 0.553. The SMILES string of the molecule is C=C1CC[C@@H]2CCC34OC3(C(O)(C/C(C)=C\C(O)C1)O[C@@H]4OC)C2(C)C. The number of methoxy groups -OCH3 is 1. The molecule has 1 spiro atoms. The summed E-state index contributed by atoms with van der Waals surface area (Å²) in [5, 5.41) is 22.0. The highest BCUT2D eigenvalue weighted by Crippen LogP contribution is 2.77. The van der Waals surface area contributed by atoms with Crippen LogP contribution in [0.25, 0.3) is 0 Å². The molecule has 0 radical (unpaired) electrons. The Morgan fingerprint density at radius 2 is 2.04 bits per heavy atom. The second-order valence-corrected chi connectivity index (χ2v) is 9.35. The first-order chi connectivity index (χ1) is 12.1. The molecule has 2 aliphatic carbocycles. The molecule has 2 heterocycles. The minimum Gasteiger partial charge on any atom is -0.389 e. The summed E-state index contributed by atoms with van der Waals surface area (Å²) in [6, 6.07) is 0. The zero-order valence-electron chi connectivity index (χ0n) is 16.4. The van der Waals surface area contributed by atoms with Gasteiger partial charge in [-0.1, -0.05) is 37.6 Å². The molecule has 5 heteroatoms. The average molecular weight is 364 g/mol. The monoisotopic (exact) mass is 364 g/mol. The molecule has 2 bridgehead atoms. The fraction of sp³-hybridized carbons (Fsp3) is 0.810. The summed E-state index contributed by atoms with van der Waals surface area (Å²) in [5.41, 5.74) is 0.359. The lowest BCUT2D eigenvalue weighted by Gasteiger charge is -2.47. The Morgan fingerprint density at radius 3 is 2.73 bits per heavy atom. The molecule has 146 valence electrons. The highest BCUT2D eigenvalue weighted by atomic mass is 16.8. The Morgan fingerprint density at radius 1 is 1.31 bits per heavy atom. The van der Waals surface area contributed by atoms with E-state index in [1.54, 1.807) is 7.11 Å². The van der Waals surface area contributed by atoms with Crippen molar-refractivity contribution in [1.82, 2.24) is 0 Å². The van der Waals surface area contributed by atoms with Crippen LogP contribution in [-0.4, -0.2) is 46.7 Å². The fourth-order valence-electron chi connectivity index (χ4n) is 6.30. The van der Waals surface area contributed by atoms with Gasteiger partial charge in [0, 0.05) is 18.9 Å². The molecule has 2 N–H and O–H groups in total. The van der Waals surface area contributed by atoms with Crippen LogP contribution in [0.5, 0.6) is 0 Å². The molecular weight excluding hydrogens is 332 g/mol. The third kappa shape index (κ3) is 2.15. The molecule has 2 saturated heterocycles. The minimum absolute atomic E-state index is 0.258. The van der Waals surface area contributed by atoms with Gasteiger partial charge in [-0.15, -0.1) is 0 Å². The van der Waals surface area contributed by atoms with Crippen molar-refractivity contribution >= 4 is 0 Å². The molecule has 26 heavy (non-hydrogen) atoms. The van der Waals surface area contributed by atoms with Gasteiger partial charge in [0.25, 0.3) is 0 Å². The van der Waals surface area contributed by atoms with Gasteiger partial charge < -0.3 is 24.4 Å². The van der Waals surface area contributed by atoms with E-state index in [1.807, 2.05) is 13.0 Å². The topological polar surface area (TPSA) is 71.5 Å². The van der Waals surface area contributed by atoms with Gasteiger partial charge in [-0.25, -0.2) is 0 Å². The van der Waals surface area contributed by atoms with Crippen molar-refractivity contribution < 1.29 is 24.4 Å². The summed E-state index contributed by atoms with van der Waals surface area (Å²) in [4.78, 5) is 0. The van der Waals surface area contributed by atoms with Crippen LogP contribution < -0.4 is 0 Å². The predicted molar refractivity (Wildman–Crippen MR) is 97.3 cm³/mol. The molecule has 5 nitrogen and oxygen atoms in total. The number of hydrogen-bond donors (Lipinski definition) is 2. The molecule has 0 amide bonds. The molecule has 4 unspecified atom stereocenters. The number of rotatable bonds is 1. The molecule has 0 aromatic carbocycles. The van der Waals surface area contributed by atoms with E-state index in [1.165, 1.54) is 0 Å². The lowest BCUT2D eigenvalue weighted by atomic mass is 9.54. The van der Waals surface area contributed by atoms with Crippen LogP contribution in [0, 0.1) is 11.3 Å². The molecule has 6 atom stereocenters. The maximum Gasteiger partial charge on any atom is 0.205 e. The van der Waals surface area contributed by atoms with Crippen LogP contribution in [0.3, 0.4) is 0 Å². The Bertz CT molecular complexity index is 655. The normalized spacial score (nSPS) is 52.3. The summed E-state index contributed by atoms with van der Waals surface area (Å²) in [6.07, 6.45) is 5.24. The lowest BCUT2D eigenvalue weighted by molar-refractivity contribution is -0.312. The third-order valence-corrected chi connectivity index (χ3v) is 7.47. The standard InChI is InChI=1S/C21H32O5/c1-13-6-7-15-8-9-19-17(24-5)25-20(23,12-14(2)11-16(22)10-13)21(19,26-19)18(15,3)4/h11,15-17,22-23H,1,6-10,12H2,2-5H3/b14-11-/t15-,16?,17+,19?,20?,21?/m1/s1. The molecular formula is C21H32O5. The minimum atomic E-state index is -1.45. The van der Waals surface area contributed by atoms with E-state index in [0.717, 1.165) is 36.8 Å². The predicted octanol–water partition coefficient (Wildman–Crippen LogP) is 3.06. The van der Waals surface area contributed by atoms with Crippen molar-refractivity contribution in [3.63, 3.8) is 0 Å². The van der Waals surface area contributed by atoms with Crippen LogP contribution in [0.1, 0.15) is 59.3 Å². The van der Waals surface area contributed by atoms with E-state index < -0.39 is 29.4 Å². The van der Waals surface area contributed by atoms with Crippen LogP contribution in [0.4, 0.5) is 0 Å². The van der Waals surface area contributed by atoms with Crippen molar-refractivity contribution in [2.75, 3.05) is 7.11 Å². The molecule has 2 aliphatic heterocycles. The molecule has 4 rings (SSSR count). The van der Waals surface area contributed by atoms with Crippen LogP contribution in [0.2, 0.25) is 0 Å². The van der Waals surface area contributed by atoms with Crippen molar-refractivity contribution in [2.24, 2.45) is 11.3 Å².